The predicted octanol–water partition coefficient (Wildman–Crippen LogP) is 4.79. The molecule has 0 saturated carbocycles. The van der Waals surface area contributed by atoms with Crippen molar-refractivity contribution in [1.29, 1.82) is 0 Å². The van der Waals surface area contributed by atoms with Gasteiger partial charge in [0.25, 0.3) is 0 Å². The second-order valence-corrected chi connectivity index (χ2v) is 12.1. The van der Waals surface area contributed by atoms with E-state index in [0.29, 0.717) is 39.0 Å². The maximum absolute atomic E-state index is 13.3. The minimum atomic E-state index is -3.53. The van der Waals surface area contributed by atoms with Gasteiger partial charge in [-0.3, -0.25) is 27.1 Å². The van der Waals surface area contributed by atoms with Crippen molar-refractivity contribution in [1.82, 2.24) is 14.8 Å². The topological polar surface area (TPSA) is 134 Å². The zero-order chi connectivity index (χ0) is 25.2. The summed E-state index contributed by atoms with van der Waals surface area (Å²) in [4.78, 5) is 0. The molecule has 0 bridgehead atoms. The summed E-state index contributed by atoms with van der Waals surface area (Å²) in [6.45, 7) is 13.2. The van der Waals surface area contributed by atoms with Crippen LogP contribution in [-0.2, 0) is 40.8 Å². The predicted molar refractivity (Wildman–Crippen MR) is 129 cm³/mol. The van der Waals surface area contributed by atoms with Crippen LogP contribution in [0, 0.1) is 0 Å². The van der Waals surface area contributed by atoms with Crippen LogP contribution in [0.1, 0.15) is 54.4 Å². The number of nitrogens with one attached hydrogen (secondary N) is 2. The Bertz CT molecular complexity index is 575. The highest BCUT2D eigenvalue weighted by Crippen LogP contribution is 2.52. The summed E-state index contributed by atoms with van der Waals surface area (Å²) in [5.74, 6) is 0. The molecule has 0 aromatic carbocycles. The number of hydrogen-bond donors (Lipinski definition) is 2. The number of nitrogens with zero attached hydrogens (tertiary/aromatic N) is 1. The molecule has 2 N–H and O–H groups in total. The third-order valence-corrected chi connectivity index (χ3v) is 9.80. The minimum Gasteiger partial charge on any atom is -0.297 e. The third-order valence-electron chi connectivity index (χ3n) is 3.92. The maximum atomic E-state index is 13.3. The molecule has 15 heteroatoms. The normalized spacial score (nSPS) is 13.2. The van der Waals surface area contributed by atoms with Crippen LogP contribution < -0.4 is 10.2 Å². The van der Waals surface area contributed by atoms with Gasteiger partial charge < -0.3 is 0 Å². The first kappa shape index (κ1) is 33.3. The van der Waals surface area contributed by atoms with Crippen molar-refractivity contribution in [2.75, 3.05) is 65.8 Å². The number of rotatable bonds is 23. The van der Waals surface area contributed by atoms with Crippen molar-refractivity contribution in [2.24, 2.45) is 0 Å². The van der Waals surface area contributed by atoms with Crippen LogP contribution in [0.3, 0.4) is 0 Å². The molecule has 33 heavy (non-hydrogen) atoms. The molecular weight excluding hydrogens is 495 g/mol. The van der Waals surface area contributed by atoms with Gasteiger partial charge in [0.2, 0.25) is 0 Å². The van der Waals surface area contributed by atoms with Gasteiger partial charge in [0.05, 0.1) is 39.6 Å². The maximum Gasteiger partial charge on any atom is 0.408 e. The van der Waals surface area contributed by atoms with Crippen LogP contribution in [0.15, 0.2) is 0 Å². The van der Waals surface area contributed by atoms with Gasteiger partial charge >= 0.3 is 23.2 Å². The van der Waals surface area contributed by atoms with Crippen LogP contribution in [0.4, 0.5) is 0 Å². The van der Waals surface area contributed by atoms with Gasteiger partial charge in [-0.15, -0.1) is 0 Å². The summed E-state index contributed by atoms with van der Waals surface area (Å²) in [6, 6.07) is 0. The summed E-state index contributed by atoms with van der Waals surface area (Å²) >= 11 is 0. The van der Waals surface area contributed by atoms with Gasteiger partial charge in [-0.1, -0.05) is 0 Å². The first-order chi connectivity index (χ1) is 15.7. The quantitative estimate of drug-likeness (QED) is 0.137. The minimum absolute atomic E-state index is 0.220. The Morgan fingerprint density at radius 1 is 0.545 bits per heavy atom. The summed E-state index contributed by atoms with van der Waals surface area (Å²) in [7, 11) is -10.3. The van der Waals surface area contributed by atoms with E-state index in [0.717, 1.165) is 0 Å². The first-order valence-electron chi connectivity index (χ1n) is 11.6. The first-order valence-corrected chi connectivity index (χ1v) is 16.2. The Kier molecular flexibility index (Phi) is 18.8. The molecular formula is C18H44N3O9P3. The lowest BCUT2D eigenvalue weighted by atomic mass is 10.4. The molecule has 0 rings (SSSR count). The van der Waals surface area contributed by atoms with Gasteiger partial charge in [-0.25, -0.2) is 28.5 Å². The molecule has 0 fully saturated rings. The highest BCUT2D eigenvalue weighted by atomic mass is 31.2. The third kappa shape index (κ3) is 13.9. The van der Waals surface area contributed by atoms with Crippen LogP contribution in [0.2, 0.25) is 0 Å². The molecule has 0 unspecified atom stereocenters. The fraction of sp³-hybridized carbons (Fsp3) is 1.00. The molecule has 0 spiro atoms. The summed E-state index contributed by atoms with van der Waals surface area (Å²) in [6.07, 6.45) is 0.968. The standard InChI is InChI=1S/C18H44N3O9P3/c1-7-25-31(22,26-8-2)19-15-13-17-21(33(24,29-11-5)30-12-6)18-14-16-20-32(23,27-9-3)28-10-4/h7-18H2,1-6H3,(H,19,22)(H,20,23). The van der Waals surface area contributed by atoms with E-state index in [-0.39, 0.29) is 39.6 Å². The van der Waals surface area contributed by atoms with Gasteiger partial charge in [-0.2, -0.15) is 0 Å². The summed E-state index contributed by atoms with van der Waals surface area (Å²) in [5, 5.41) is 5.63. The van der Waals surface area contributed by atoms with E-state index in [1.165, 1.54) is 0 Å². The van der Waals surface area contributed by atoms with E-state index < -0.39 is 23.2 Å². The van der Waals surface area contributed by atoms with Crippen molar-refractivity contribution >= 4 is 23.2 Å². The molecule has 12 nitrogen and oxygen atoms in total. The molecule has 200 valence electrons. The van der Waals surface area contributed by atoms with E-state index in [1.54, 1.807) is 46.2 Å². The molecule has 0 aromatic heterocycles. The van der Waals surface area contributed by atoms with Crippen LogP contribution in [-0.4, -0.2) is 70.5 Å². The second kappa shape index (κ2) is 18.6. The SMILES string of the molecule is CCOP(=O)(NCCCN(CCCNP(=O)(OCC)OCC)P(=O)(OCC)OCC)OCC. The van der Waals surface area contributed by atoms with E-state index >= 15 is 0 Å². The lowest BCUT2D eigenvalue weighted by Gasteiger charge is -2.30. The van der Waals surface area contributed by atoms with Crippen molar-refractivity contribution in [2.45, 2.75) is 54.4 Å². The Hall–Kier alpha value is 0.330. The highest BCUT2D eigenvalue weighted by molar-refractivity contribution is 7.52. The average Bonchev–Trinajstić information content (AvgIpc) is 2.73. The van der Waals surface area contributed by atoms with Crippen LogP contribution in [0.5, 0.6) is 0 Å². The van der Waals surface area contributed by atoms with Gasteiger partial charge in [0.15, 0.2) is 0 Å². The van der Waals surface area contributed by atoms with E-state index in [1.807, 2.05) is 0 Å². The zero-order valence-electron chi connectivity index (χ0n) is 20.9. The van der Waals surface area contributed by atoms with Gasteiger partial charge in [0.1, 0.15) is 0 Å². The Labute approximate surface area is 199 Å². The zero-order valence-corrected chi connectivity index (χ0v) is 23.6. The van der Waals surface area contributed by atoms with Crippen LogP contribution in [0.25, 0.3) is 0 Å². The molecule has 0 aromatic rings. The summed E-state index contributed by atoms with van der Waals surface area (Å²) in [5.41, 5.74) is 0. The van der Waals surface area contributed by atoms with Crippen molar-refractivity contribution in [3.63, 3.8) is 0 Å². The smallest absolute Gasteiger partial charge is 0.297 e. The van der Waals surface area contributed by atoms with E-state index in [9.17, 15) is 13.7 Å². The van der Waals surface area contributed by atoms with Crippen molar-refractivity contribution in [3.8, 4) is 0 Å². The molecule has 0 aliphatic heterocycles. The van der Waals surface area contributed by atoms with E-state index in [4.69, 9.17) is 27.1 Å². The largest absolute Gasteiger partial charge is 0.408 e. The Morgan fingerprint density at radius 2 is 0.848 bits per heavy atom. The number of hydrogen-bond acceptors (Lipinski definition) is 9. The van der Waals surface area contributed by atoms with E-state index in [2.05, 4.69) is 10.2 Å². The Balaban J connectivity index is 5.04. The molecule has 0 amide bonds. The average molecular weight is 539 g/mol. The highest BCUT2D eigenvalue weighted by Gasteiger charge is 2.33. The Morgan fingerprint density at radius 3 is 1.12 bits per heavy atom. The molecule has 0 heterocycles. The lowest BCUT2D eigenvalue weighted by molar-refractivity contribution is 0.165. The fourth-order valence-electron chi connectivity index (χ4n) is 2.78. The van der Waals surface area contributed by atoms with Crippen molar-refractivity contribution in [3.05, 3.63) is 0 Å². The second-order valence-electron chi connectivity index (χ2n) is 6.45. The van der Waals surface area contributed by atoms with Crippen LogP contribution >= 0.6 is 23.2 Å². The molecule has 0 saturated heterocycles. The lowest BCUT2D eigenvalue weighted by Crippen LogP contribution is -2.30. The molecule has 0 atom stereocenters. The van der Waals surface area contributed by atoms with Gasteiger partial charge in [0, 0.05) is 26.2 Å². The fourth-order valence-corrected chi connectivity index (χ4v) is 7.34. The molecule has 0 aliphatic carbocycles. The van der Waals surface area contributed by atoms with Crippen molar-refractivity contribution < 1.29 is 40.8 Å². The molecule has 0 aliphatic rings. The molecule has 0 radical (unpaired) electrons. The summed E-state index contributed by atoms with van der Waals surface area (Å²) < 4.78 is 71.9. The monoisotopic (exact) mass is 539 g/mol. The van der Waals surface area contributed by atoms with Gasteiger partial charge in [-0.05, 0) is 54.4 Å².